The van der Waals surface area contributed by atoms with Crippen LogP contribution in [-0.2, 0) is 30.2 Å². The lowest BCUT2D eigenvalue weighted by Gasteiger charge is -2.32. The Bertz CT molecular complexity index is 908. The van der Waals surface area contributed by atoms with E-state index < -0.39 is 11.2 Å². The van der Waals surface area contributed by atoms with Gasteiger partial charge < -0.3 is 14.2 Å². The Labute approximate surface area is 144 Å². The minimum Gasteiger partial charge on any atom is -0.377 e. The Morgan fingerprint density at radius 3 is 2.84 bits per heavy atom. The number of amides is 1. The molecule has 136 valence electrons. The van der Waals surface area contributed by atoms with Crippen LogP contribution in [0.1, 0.15) is 19.8 Å². The first kappa shape index (κ1) is 17.4. The normalized spacial score (nSPS) is 18.0. The number of aromatic nitrogens is 4. The van der Waals surface area contributed by atoms with Crippen LogP contribution in [0.15, 0.2) is 15.9 Å². The van der Waals surface area contributed by atoms with Crippen LogP contribution >= 0.6 is 0 Å². The van der Waals surface area contributed by atoms with Gasteiger partial charge in [0.1, 0.15) is 6.54 Å². The molecule has 1 amide bonds. The van der Waals surface area contributed by atoms with Gasteiger partial charge in [-0.25, -0.2) is 14.3 Å². The van der Waals surface area contributed by atoms with E-state index in [1.54, 1.807) is 23.6 Å². The number of aryl methyl sites for hydroxylation is 2. The van der Waals surface area contributed by atoms with Crippen molar-refractivity contribution in [3.8, 4) is 0 Å². The molecule has 0 bridgehead atoms. The van der Waals surface area contributed by atoms with Gasteiger partial charge in [0.15, 0.2) is 11.2 Å². The molecule has 1 fully saturated rings. The van der Waals surface area contributed by atoms with Crippen molar-refractivity contribution in [2.75, 3.05) is 19.7 Å². The van der Waals surface area contributed by atoms with E-state index in [0.717, 1.165) is 17.4 Å². The van der Waals surface area contributed by atoms with Gasteiger partial charge in [-0.05, 0) is 19.8 Å². The molecule has 1 saturated heterocycles. The molecule has 2 aromatic rings. The van der Waals surface area contributed by atoms with E-state index >= 15 is 0 Å². The maximum absolute atomic E-state index is 12.7. The van der Waals surface area contributed by atoms with Crippen LogP contribution in [0, 0.1) is 0 Å². The number of rotatable bonds is 4. The van der Waals surface area contributed by atoms with Gasteiger partial charge in [0.2, 0.25) is 5.91 Å². The monoisotopic (exact) mass is 349 g/mol. The van der Waals surface area contributed by atoms with Gasteiger partial charge in [0, 0.05) is 33.8 Å². The van der Waals surface area contributed by atoms with Crippen molar-refractivity contribution in [1.82, 2.24) is 23.6 Å². The summed E-state index contributed by atoms with van der Waals surface area (Å²) in [5, 5.41) is 0. The summed E-state index contributed by atoms with van der Waals surface area (Å²) in [4.78, 5) is 43.5. The molecule has 0 radical (unpaired) electrons. The molecule has 0 aromatic carbocycles. The number of fused-ring (bicyclic) bond motifs is 1. The fourth-order valence-corrected chi connectivity index (χ4v) is 3.31. The van der Waals surface area contributed by atoms with Crippen LogP contribution in [0.3, 0.4) is 0 Å². The molecule has 0 unspecified atom stereocenters. The van der Waals surface area contributed by atoms with E-state index in [1.807, 2.05) is 6.92 Å². The van der Waals surface area contributed by atoms with Crippen molar-refractivity contribution in [3.05, 3.63) is 27.2 Å². The first-order valence-electron chi connectivity index (χ1n) is 8.44. The minimum atomic E-state index is -0.539. The first-order chi connectivity index (χ1) is 11.9. The molecule has 3 heterocycles. The quantitative estimate of drug-likeness (QED) is 0.739. The van der Waals surface area contributed by atoms with Crippen molar-refractivity contribution in [2.45, 2.75) is 32.4 Å². The summed E-state index contributed by atoms with van der Waals surface area (Å²) in [6.45, 7) is 3.36. The minimum absolute atomic E-state index is 0.0156. The molecule has 0 saturated carbocycles. The van der Waals surface area contributed by atoms with E-state index in [0.29, 0.717) is 30.9 Å². The molecule has 3 rings (SSSR count). The van der Waals surface area contributed by atoms with Gasteiger partial charge in [-0.15, -0.1) is 0 Å². The number of piperidine rings is 1. The number of ether oxygens (including phenoxy) is 1. The average Bonchev–Trinajstić information content (AvgIpc) is 2.99. The highest BCUT2D eigenvalue weighted by Gasteiger charge is 2.25. The van der Waals surface area contributed by atoms with Gasteiger partial charge in [-0.3, -0.25) is 14.2 Å². The summed E-state index contributed by atoms with van der Waals surface area (Å²) in [5.41, 5.74) is -0.413. The van der Waals surface area contributed by atoms with Gasteiger partial charge in [-0.2, -0.15) is 0 Å². The molecule has 0 aliphatic carbocycles. The zero-order valence-corrected chi connectivity index (χ0v) is 14.8. The number of imidazole rings is 1. The average molecular weight is 349 g/mol. The van der Waals surface area contributed by atoms with Crippen molar-refractivity contribution in [3.63, 3.8) is 0 Å². The van der Waals surface area contributed by atoms with Crippen molar-refractivity contribution in [2.24, 2.45) is 14.1 Å². The third-order valence-corrected chi connectivity index (χ3v) is 4.63. The molecule has 9 nitrogen and oxygen atoms in total. The van der Waals surface area contributed by atoms with Crippen molar-refractivity contribution >= 4 is 17.1 Å². The number of carbonyl (C=O) groups excluding carboxylic acids is 1. The predicted molar refractivity (Wildman–Crippen MR) is 91.4 cm³/mol. The van der Waals surface area contributed by atoms with E-state index in [-0.39, 0.29) is 18.6 Å². The highest BCUT2D eigenvalue weighted by Crippen LogP contribution is 2.13. The lowest BCUT2D eigenvalue weighted by Crippen LogP contribution is -2.48. The van der Waals surface area contributed by atoms with E-state index in [1.165, 1.54) is 10.9 Å². The second-order valence-electron chi connectivity index (χ2n) is 6.32. The van der Waals surface area contributed by atoms with E-state index in [4.69, 9.17) is 4.74 Å². The fraction of sp³-hybridized carbons (Fsp3) is 0.625. The molecule has 9 heteroatoms. The maximum Gasteiger partial charge on any atom is 0.332 e. The summed E-state index contributed by atoms with van der Waals surface area (Å²) >= 11 is 0. The molecule has 0 N–H and O–H groups in total. The Morgan fingerprint density at radius 1 is 1.36 bits per heavy atom. The molecular formula is C16H23N5O4. The van der Waals surface area contributed by atoms with Crippen LogP contribution in [0.25, 0.3) is 11.2 Å². The SMILES string of the molecule is CCO[C@H]1CCCN(C(=O)Cn2c(=O)c3c(ncn3C)n(C)c2=O)C1. The second kappa shape index (κ2) is 6.83. The largest absolute Gasteiger partial charge is 0.377 e. The highest BCUT2D eigenvalue weighted by molar-refractivity contribution is 5.77. The molecule has 0 spiro atoms. The van der Waals surface area contributed by atoms with E-state index in [2.05, 4.69) is 4.98 Å². The van der Waals surface area contributed by atoms with Crippen molar-refractivity contribution in [1.29, 1.82) is 0 Å². The van der Waals surface area contributed by atoms with Crippen LogP contribution in [-0.4, -0.2) is 55.3 Å². The van der Waals surface area contributed by atoms with E-state index in [9.17, 15) is 14.4 Å². The predicted octanol–water partition coefficient (Wildman–Crippen LogP) is -0.539. The van der Waals surface area contributed by atoms with Gasteiger partial charge in [0.25, 0.3) is 5.56 Å². The number of likely N-dealkylation sites (tertiary alicyclic amines) is 1. The van der Waals surface area contributed by atoms with Crippen molar-refractivity contribution < 1.29 is 9.53 Å². The number of hydrogen-bond donors (Lipinski definition) is 0. The van der Waals surface area contributed by atoms with Crippen LogP contribution < -0.4 is 11.2 Å². The summed E-state index contributed by atoms with van der Waals surface area (Å²) in [6, 6.07) is 0. The van der Waals surface area contributed by atoms with Crippen LogP contribution in [0.4, 0.5) is 0 Å². The number of nitrogens with zero attached hydrogens (tertiary/aromatic N) is 5. The second-order valence-corrected chi connectivity index (χ2v) is 6.32. The molecular weight excluding hydrogens is 326 g/mol. The number of carbonyl (C=O) groups is 1. The smallest absolute Gasteiger partial charge is 0.332 e. The van der Waals surface area contributed by atoms with Crippen LogP contribution in [0.5, 0.6) is 0 Å². The third kappa shape index (κ3) is 3.11. The zero-order valence-electron chi connectivity index (χ0n) is 14.8. The number of hydrogen-bond acceptors (Lipinski definition) is 5. The van der Waals surface area contributed by atoms with Crippen LogP contribution in [0.2, 0.25) is 0 Å². The Morgan fingerprint density at radius 2 is 2.12 bits per heavy atom. The topological polar surface area (TPSA) is 91.4 Å². The molecule has 25 heavy (non-hydrogen) atoms. The third-order valence-electron chi connectivity index (χ3n) is 4.63. The molecule has 1 aliphatic rings. The highest BCUT2D eigenvalue weighted by atomic mass is 16.5. The summed E-state index contributed by atoms with van der Waals surface area (Å²) in [7, 11) is 3.23. The molecule has 2 aromatic heterocycles. The first-order valence-corrected chi connectivity index (χ1v) is 8.44. The summed E-state index contributed by atoms with van der Waals surface area (Å²) < 4.78 is 9.44. The maximum atomic E-state index is 12.7. The molecule has 1 aliphatic heterocycles. The van der Waals surface area contributed by atoms with Gasteiger partial charge in [0.05, 0.1) is 12.4 Å². The lowest BCUT2D eigenvalue weighted by molar-refractivity contribution is -0.136. The van der Waals surface area contributed by atoms with Gasteiger partial charge >= 0.3 is 5.69 Å². The Balaban J connectivity index is 1.90. The Kier molecular flexibility index (Phi) is 4.76. The summed E-state index contributed by atoms with van der Waals surface area (Å²) in [6.07, 6.45) is 3.26. The lowest BCUT2D eigenvalue weighted by atomic mass is 10.1. The Hall–Kier alpha value is -2.42. The fourth-order valence-electron chi connectivity index (χ4n) is 3.31. The molecule has 1 atom stereocenters. The zero-order chi connectivity index (χ0) is 18.1. The summed E-state index contributed by atoms with van der Waals surface area (Å²) in [5.74, 6) is -0.245. The van der Waals surface area contributed by atoms with Gasteiger partial charge in [-0.1, -0.05) is 0 Å². The standard InChI is InChI=1S/C16H23N5O4/c1-4-25-11-6-5-7-20(8-11)12(22)9-21-15(23)13-14(17-10-18(13)2)19(3)16(21)24/h10-11H,4-9H2,1-3H3/t11-/m0/s1.